The van der Waals surface area contributed by atoms with Crippen molar-refractivity contribution in [1.82, 2.24) is 15.1 Å². The molecule has 17 heavy (non-hydrogen) atoms. The second kappa shape index (κ2) is 4.96. The predicted octanol–water partition coefficient (Wildman–Crippen LogP) is -0.788. The van der Waals surface area contributed by atoms with E-state index >= 15 is 0 Å². The Morgan fingerprint density at radius 1 is 1.47 bits per heavy atom. The summed E-state index contributed by atoms with van der Waals surface area (Å²) < 4.78 is 1.54. The maximum atomic E-state index is 11.8. The zero-order chi connectivity index (χ0) is 13.2. The number of hydrogen-bond acceptors (Lipinski definition) is 4. The smallest absolute Gasteiger partial charge is 0.328 e. The zero-order valence-electron chi connectivity index (χ0n) is 9.89. The zero-order valence-corrected chi connectivity index (χ0v) is 9.89. The number of carboxylic acid groups (broad SMARTS) is 1. The average Bonchev–Trinajstić information content (AvgIpc) is 2.49. The Morgan fingerprint density at radius 3 is 2.41 bits per heavy atom. The number of aryl methyl sites for hydroxylation is 2. The Hall–Kier alpha value is -1.89. The second-order valence-electron chi connectivity index (χ2n) is 3.72. The Morgan fingerprint density at radius 2 is 2.06 bits per heavy atom. The number of aliphatic hydroxyl groups excluding tert-OH is 1. The summed E-state index contributed by atoms with van der Waals surface area (Å²) in [7, 11) is 1.69. The van der Waals surface area contributed by atoms with Gasteiger partial charge in [-0.25, -0.2) is 4.79 Å². The highest BCUT2D eigenvalue weighted by molar-refractivity contribution is 5.98. The molecule has 7 heteroatoms. The number of carbonyl (C=O) groups is 2. The molecule has 1 unspecified atom stereocenters. The van der Waals surface area contributed by atoms with Crippen molar-refractivity contribution < 1.29 is 19.8 Å². The third kappa shape index (κ3) is 2.62. The van der Waals surface area contributed by atoms with Gasteiger partial charge in [0.1, 0.15) is 0 Å². The highest BCUT2D eigenvalue weighted by atomic mass is 16.4. The van der Waals surface area contributed by atoms with E-state index in [2.05, 4.69) is 10.4 Å². The molecule has 0 bridgehead atoms. The van der Waals surface area contributed by atoms with E-state index in [-0.39, 0.29) is 0 Å². The minimum Gasteiger partial charge on any atom is -0.480 e. The van der Waals surface area contributed by atoms with Crippen LogP contribution in [-0.4, -0.2) is 44.5 Å². The van der Waals surface area contributed by atoms with E-state index in [0.717, 1.165) is 0 Å². The predicted molar refractivity (Wildman–Crippen MR) is 58.7 cm³/mol. The van der Waals surface area contributed by atoms with Gasteiger partial charge in [0.2, 0.25) is 0 Å². The first-order valence-corrected chi connectivity index (χ1v) is 5.03. The first kappa shape index (κ1) is 13.2. The molecule has 1 heterocycles. The maximum Gasteiger partial charge on any atom is 0.328 e. The number of aliphatic carboxylic acids is 1. The fourth-order valence-electron chi connectivity index (χ4n) is 1.52. The van der Waals surface area contributed by atoms with Crippen molar-refractivity contribution in [1.29, 1.82) is 0 Å². The molecule has 0 radical (unpaired) electrons. The van der Waals surface area contributed by atoms with E-state index in [4.69, 9.17) is 10.2 Å². The van der Waals surface area contributed by atoms with Gasteiger partial charge < -0.3 is 15.5 Å². The van der Waals surface area contributed by atoms with Crippen LogP contribution in [0.4, 0.5) is 0 Å². The molecule has 94 valence electrons. The van der Waals surface area contributed by atoms with Crippen molar-refractivity contribution in [2.75, 3.05) is 6.61 Å². The second-order valence-corrected chi connectivity index (χ2v) is 3.72. The molecule has 0 aliphatic carbocycles. The quantitative estimate of drug-likeness (QED) is 0.641. The summed E-state index contributed by atoms with van der Waals surface area (Å²) >= 11 is 0. The molecular formula is C10H15N3O4. The van der Waals surface area contributed by atoms with Gasteiger partial charge in [-0.2, -0.15) is 5.10 Å². The van der Waals surface area contributed by atoms with Crippen LogP contribution in [0.25, 0.3) is 0 Å². The number of nitrogens with one attached hydrogen (secondary N) is 1. The molecule has 1 amide bonds. The third-order valence-corrected chi connectivity index (χ3v) is 2.52. The number of hydrogen-bond donors (Lipinski definition) is 3. The molecule has 1 aromatic rings. The third-order valence-electron chi connectivity index (χ3n) is 2.52. The van der Waals surface area contributed by atoms with Crippen LogP contribution in [0.15, 0.2) is 0 Å². The van der Waals surface area contributed by atoms with Crippen LogP contribution < -0.4 is 5.32 Å². The van der Waals surface area contributed by atoms with Crippen molar-refractivity contribution in [2.24, 2.45) is 7.05 Å². The molecular weight excluding hydrogens is 226 g/mol. The Bertz CT molecular complexity index is 453. The maximum absolute atomic E-state index is 11.8. The summed E-state index contributed by atoms with van der Waals surface area (Å²) in [6, 6.07) is -1.30. The van der Waals surface area contributed by atoms with Gasteiger partial charge in [-0.3, -0.25) is 9.48 Å². The molecule has 1 rings (SSSR count). The fraction of sp³-hybridized carbons (Fsp3) is 0.500. The van der Waals surface area contributed by atoms with Crippen LogP contribution in [0.3, 0.4) is 0 Å². The molecule has 3 N–H and O–H groups in total. The van der Waals surface area contributed by atoms with E-state index in [0.29, 0.717) is 17.0 Å². The van der Waals surface area contributed by atoms with Crippen LogP contribution >= 0.6 is 0 Å². The Balaban J connectivity index is 2.94. The topological polar surface area (TPSA) is 104 Å². The molecule has 1 atom stereocenters. The lowest BCUT2D eigenvalue weighted by Crippen LogP contribution is -2.43. The fourth-order valence-corrected chi connectivity index (χ4v) is 1.52. The van der Waals surface area contributed by atoms with Gasteiger partial charge in [-0.1, -0.05) is 0 Å². The molecule has 0 aliphatic rings. The number of aliphatic hydroxyl groups is 1. The van der Waals surface area contributed by atoms with Crippen molar-refractivity contribution in [3.63, 3.8) is 0 Å². The first-order valence-electron chi connectivity index (χ1n) is 5.03. The Labute approximate surface area is 98.1 Å². The van der Waals surface area contributed by atoms with Gasteiger partial charge in [0.25, 0.3) is 5.91 Å². The summed E-state index contributed by atoms with van der Waals surface area (Å²) in [6.07, 6.45) is 0. The minimum atomic E-state index is -1.30. The molecule has 1 aromatic heterocycles. The van der Waals surface area contributed by atoms with E-state index in [1.54, 1.807) is 25.6 Å². The van der Waals surface area contributed by atoms with Crippen molar-refractivity contribution in [3.8, 4) is 0 Å². The lowest BCUT2D eigenvalue weighted by Gasteiger charge is -2.11. The summed E-state index contributed by atoms with van der Waals surface area (Å²) in [5.74, 6) is -1.82. The summed E-state index contributed by atoms with van der Waals surface area (Å²) in [6.45, 7) is 2.72. The molecule has 0 saturated heterocycles. The van der Waals surface area contributed by atoms with Crippen molar-refractivity contribution in [2.45, 2.75) is 19.9 Å². The van der Waals surface area contributed by atoms with E-state index in [1.165, 1.54) is 0 Å². The van der Waals surface area contributed by atoms with E-state index in [1.807, 2.05) is 0 Å². The average molecular weight is 241 g/mol. The molecule has 0 aromatic carbocycles. The number of rotatable bonds is 4. The lowest BCUT2D eigenvalue weighted by atomic mass is 10.1. The van der Waals surface area contributed by atoms with Gasteiger partial charge in [0, 0.05) is 12.7 Å². The van der Waals surface area contributed by atoms with Gasteiger partial charge >= 0.3 is 5.97 Å². The highest BCUT2D eigenvalue weighted by Crippen LogP contribution is 2.11. The number of aromatic nitrogens is 2. The lowest BCUT2D eigenvalue weighted by molar-refractivity contribution is -0.140. The Kier molecular flexibility index (Phi) is 3.84. The molecule has 0 spiro atoms. The van der Waals surface area contributed by atoms with Gasteiger partial charge in [0.05, 0.1) is 17.9 Å². The number of carbonyl (C=O) groups excluding carboxylic acids is 1. The van der Waals surface area contributed by atoms with Crippen LogP contribution in [0.5, 0.6) is 0 Å². The summed E-state index contributed by atoms with van der Waals surface area (Å²) in [5, 5.41) is 23.8. The largest absolute Gasteiger partial charge is 0.480 e. The highest BCUT2D eigenvalue weighted by Gasteiger charge is 2.23. The molecule has 7 nitrogen and oxygen atoms in total. The van der Waals surface area contributed by atoms with Crippen LogP contribution in [0.1, 0.15) is 21.7 Å². The van der Waals surface area contributed by atoms with E-state index in [9.17, 15) is 9.59 Å². The standard InChI is InChI=1S/C10H15N3O4/c1-5-8(6(2)13(3)12-5)9(15)11-7(4-14)10(16)17/h7,14H,4H2,1-3H3,(H,11,15)(H,16,17). The summed E-state index contributed by atoms with van der Waals surface area (Å²) in [4.78, 5) is 22.5. The number of carboxylic acids is 1. The van der Waals surface area contributed by atoms with Crippen LogP contribution in [0, 0.1) is 13.8 Å². The summed E-state index contributed by atoms with van der Waals surface area (Å²) in [5.41, 5.74) is 1.50. The van der Waals surface area contributed by atoms with Gasteiger partial charge in [0.15, 0.2) is 6.04 Å². The van der Waals surface area contributed by atoms with E-state index < -0.39 is 24.5 Å². The van der Waals surface area contributed by atoms with Crippen LogP contribution in [-0.2, 0) is 11.8 Å². The molecule has 0 fully saturated rings. The molecule has 0 saturated carbocycles. The van der Waals surface area contributed by atoms with Crippen molar-refractivity contribution in [3.05, 3.63) is 17.0 Å². The van der Waals surface area contributed by atoms with Crippen molar-refractivity contribution >= 4 is 11.9 Å². The monoisotopic (exact) mass is 241 g/mol. The number of amides is 1. The van der Waals surface area contributed by atoms with Gasteiger partial charge in [-0.15, -0.1) is 0 Å². The number of nitrogens with zero attached hydrogens (tertiary/aromatic N) is 2. The van der Waals surface area contributed by atoms with Gasteiger partial charge in [-0.05, 0) is 13.8 Å². The minimum absolute atomic E-state index is 0.340. The van der Waals surface area contributed by atoms with Crippen LogP contribution in [0.2, 0.25) is 0 Å². The first-order chi connectivity index (χ1) is 7.88. The SMILES string of the molecule is Cc1nn(C)c(C)c1C(=O)NC(CO)C(=O)O. The molecule has 0 aliphatic heterocycles. The normalized spacial score (nSPS) is 12.2.